The zero-order valence-corrected chi connectivity index (χ0v) is 12.9. The number of carbonyl (C=O) groups is 1. The minimum atomic E-state index is -0.0409. The van der Waals surface area contributed by atoms with Crippen LogP contribution in [0.2, 0.25) is 0 Å². The van der Waals surface area contributed by atoms with E-state index in [1.54, 1.807) is 0 Å². The molecule has 0 radical (unpaired) electrons. The number of carbonyl (C=O) groups excluding carboxylic acids is 1. The normalized spacial score (nSPS) is 10.9. The van der Waals surface area contributed by atoms with Gasteiger partial charge in [0.15, 0.2) is 5.69 Å². The third-order valence-corrected chi connectivity index (χ3v) is 3.87. The van der Waals surface area contributed by atoms with Crippen LogP contribution in [0, 0.1) is 19.8 Å². The summed E-state index contributed by atoms with van der Waals surface area (Å²) in [4.78, 5) is 12.2. The Labute approximate surface area is 124 Å². The number of amides is 1. The summed E-state index contributed by atoms with van der Waals surface area (Å²) in [5.41, 5.74) is 3.82. The van der Waals surface area contributed by atoms with E-state index in [2.05, 4.69) is 22.6 Å². The Kier molecular flexibility index (Phi) is 4.73. The lowest BCUT2D eigenvalue weighted by Gasteiger charge is -2.11. The first kappa shape index (κ1) is 15.2. The first-order valence-electron chi connectivity index (χ1n) is 7.27. The van der Waals surface area contributed by atoms with Gasteiger partial charge in [-0.25, -0.2) is 4.63 Å². The molecule has 1 heterocycles. The van der Waals surface area contributed by atoms with Crippen molar-refractivity contribution in [1.82, 2.24) is 10.3 Å². The van der Waals surface area contributed by atoms with Crippen molar-refractivity contribution in [2.75, 3.05) is 5.32 Å². The zero-order valence-electron chi connectivity index (χ0n) is 12.9. The number of anilines is 1. The lowest BCUT2D eigenvalue weighted by atomic mass is 10.0. The van der Waals surface area contributed by atoms with Gasteiger partial charge in [-0.2, -0.15) is 0 Å². The van der Waals surface area contributed by atoms with Gasteiger partial charge in [-0.3, -0.25) is 4.79 Å². The lowest BCUT2D eigenvalue weighted by molar-refractivity contribution is -0.120. The van der Waals surface area contributed by atoms with Crippen molar-refractivity contribution in [2.24, 2.45) is 5.92 Å². The third-order valence-electron chi connectivity index (χ3n) is 3.87. The van der Waals surface area contributed by atoms with Crippen LogP contribution < -0.4 is 5.32 Å². The number of aromatic nitrogens is 2. The molecule has 0 aliphatic heterocycles. The van der Waals surface area contributed by atoms with E-state index in [1.165, 1.54) is 5.56 Å². The van der Waals surface area contributed by atoms with Gasteiger partial charge in [0.05, 0.1) is 0 Å². The Morgan fingerprint density at radius 1 is 1.19 bits per heavy atom. The summed E-state index contributed by atoms with van der Waals surface area (Å²) in [6.45, 7) is 8.09. The van der Waals surface area contributed by atoms with Crippen LogP contribution in [0.1, 0.15) is 37.8 Å². The number of aryl methyl sites for hydroxylation is 2. The van der Waals surface area contributed by atoms with Crippen LogP contribution in [0.15, 0.2) is 22.8 Å². The monoisotopic (exact) mass is 287 g/mol. The van der Waals surface area contributed by atoms with Crippen LogP contribution in [0.4, 0.5) is 5.82 Å². The number of nitrogens with zero attached hydrogens (tertiary/aromatic N) is 2. The summed E-state index contributed by atoms with van der Waals surface area (Å²) in [5.74, 6) is 0.324. The standard InChI is InChI=1S/C16H21N3O2/c1-5-12(6-2)16(20)17-15-14(18-21-19-15)13-8-7-10(3)11(4)9-13/h7-9,12H,5-6H2,1-4H3,(H,17,19,20). The van der Waals surface area contributed by atoms with Gasteiger partial charge in [-0.15, -0.1) is 0 Å². The van der Waals surface area contributed by atoms with Gasteiger partial charge in [0.2, 0.25) is 11.7 Å². The molecule has 5 heteroatoms. The van der Waals surface area contributed by atoms with Gasteiger partial charge >= 0.3 is 0 Å². The number of nitrogens with one attached hydrogen (secondary N) is 1. The van der Waals surface area contributed by atoms with Gasteiger partial charge in [0, 0.05) is 11.5 Å². The van der Waals surface area contributed by atoms with Crippen LogP contribution in [-0.2, 0) is 4.79 Å². The number of hydrogen-bond acceptors (Lipinski definition) is 4. The van der Waals surface area contributed by atoms with E-state index in [4.69, 9.17) is 4.63 Å². The molecular formula is C16H21N3O2. The Bertz CT molecular complexity index is 630. The number of benzene rings is 1. The smallest absolute Gasteiger partial charge is 0.228 e. The molecule has 5 nitrogen and oxygen atoms in total. The van der Waals surface area contributed by atoms with Gasteiger partial charge in [0.25, 0.3) is 0 Å². The molecule has 2 aromatic rings. The van der Waals surface area contributed by atoms with E-state index in [9.17, 15) is 4.79 Å². The van der Waals surface area contributed by atoms with Crippen molar-refractivity contribution in [1.29, 1.82) is 0 Å². The predicted octanol–water partition coefficient (Wildman–Crippen LogP) is 3.73. The molecule has 0 spiro atoms. The summed E-state index contributed by atoms with van der Waals surface area (Å²) in [6.07, 6.45) is 1.60. The molecule has 0 saturated heterocycles. The van der Waals surface area contributed by atoms with Crippen molar-refractivity contribution < 1.29 is 9.42 Å². The van der Waals surface area contributed by atoms with Crippen molar-refractivity contribution in [3.63, 3.8) is 0 Å². The van der Waals surface area contributed by atoms with Gasteiger partial charge in [-0.05, 0) is 54.2 Å². The Morgan fingerprint density at radius 2 is 1.90 bits per heavy atom. The lowest BCUT2D eigenvalue weighted by Crippen LogP contribution is -2.22. The maximum Gasteiger partial charge on any atom is 0.228 e. The molecule has 0 aliphatic rings. The molecule has 0 atom stereocenters. The molecule has 0 saturated carbocycles. The molecule has 21 heavy (non-hydrogen) atoms. The second-order valence-corrected chi connectivity index (χ2v) is 5.26. The van der Waals surface area contributed by atoms with Crippen molar-refractivity contribution in [2.45, 2.75) is 40.5 Å². The van der Waals surface area contributed by atoms with Crippen LogP contribution in [0.25, 0.3) is 11.3 Å². The van der Waals surface area contributed by atoms with Crippen LogP contribution in [0.5, 0.6) is 0 Å². The molecular weight excluding hydrogens is 266 g/mol. The highest BCUT2D eigenvalue weighted by Gasteiger charge is 2.19. The van der Waals surface area contributed by atoms with Crippen molar-refractivity contribution in [3.8, 4) is 11.3 Å². The average Bonchev–Trinajstić information content (AvgIpc) is 2.91. The highest BCUT2D eigenvalue weighted by atomic mass is 16.6. The molecule has 0 unspecified atom stereocenters. The highest BCUT2D eigenvalue weighted by Crippen LogP contribution is 2.26. The van der Waals surface area contributed by atoms with E-state index in [1.807, 2.05) is 39.0 Å². The third kappa shape index (κ3) is 3.29. The molecule has 1 aromatic carbocycles. The van der Waals surface area contributed by atoms with E-state index in [0.717, 1.165) is 24.0 Å². The second-order valence-electron chi connectivity index (χ2n) is 5.26. The van der Waals surface area contributed by atoms with Crippen molar-refractivity contribution in [3.05, 3.63) is 29.3 Å². The Morgan fingerprint density at radius 3 is 2.52 bits per heavy atom. The maximum atomic E-state index is 12.2. The van der Waals surface area contributed by atoms with E-state index in [-0.39, 0.29) is 11.8 Å². The highest BCUT2D eigenvalue weighted by molar-refractivity contribution is 5.94. The quantitative estimate of drug-likeness (QED) is 0.909. The fraction of sp³-hybridized carbons (Fsp3) is 0.438. The van der Waals surface area contributed by atoms with Crippen molar-refractivity contribution >= 4 is 11.7 Å². The van der Waals surface area contributed by atoms with Crippen LogP contribution >= 0.6 is 0 Å². The molecule has 1 amide bonds. The van der Waals surface area contributed by atoms with E-state index < -0.39 is 0 Å². The fourth-order valence-electron chi connectivity index (χ4n) is 2.23. The first-order valence-corrected chi connectivity index (χ1v) is 7.27. The van der Waals surface area contributed by atoms with E-state index >= 15 is 0 Å². The number of rotatable bonds is 5. The van der Waals surface area contributed by atoms with Gasteiger partial charge in [-0.1, -0.05) is 26.0 Å². The number of hydrogen-bond donors (Lipinski definition) is 1. The molecule has 2 rings (SSSR count). The maximum absolute atomic E-state index is 12.2. The Hall–Kier alpha value is -2.17. The SMILES string of the molecule is CCC(CC)C(=O)Nc1nonc1-c1ccc(C)c(C)c1. The largest absolute Gasteiger partial charge is 0.306 e. The summed E-state index contributed by atoms with van der Waals surface area (Å²) in [7, 11) is 0. The Balaban J connectivity index is 2.26. The summed E-state index contributed by atoms with van der Waals surface area (Å²) in [5, 5.41) is 10.6. The summed E-state index contributed by atoms with van der Waals surface area (Å²) >= 11 is 0. The molecule has 1 N–H and O–H groups in total. The topological polar surface area (TPSA) is 68.0 Å². The molecule has 0 fully saturated rings. The van der Waals surface area contributed by atoms with E-state index in [0.29, 0.717) is 11.5 Å². The predicted molar refractivity (Wildman–Crippen MR) is 81.9 cm³/mol. The van der Waals surface area contributed by atoms with Gasteiger partial charge in [0.1, 0.15) is 0 Å². The summed E-state index contributed by atoms with van der Waals surface area (Å²) < 4.78 is 4.80. The first-order chi connectivity index (χ1) is 10.1. The second kappa shape index (κ2) is 6.52. The minimum Gasteiger partial charge on any atom is -0.306 e. The molecule has 0 aliphatic carbocycles. The fourth-order valence-corrected chi connectivity index (χ4v) is 2.23. The molecule has 112 valence electrons. The average molecular weight is 287 g/mol. The molecule has 1 aromatic heterocycles. The van der Waals surface area contributed by atoms with Crippen LogP contribution in [0.3, 0.4) is 0 Å². The molecule has 0 bridgehead atoms. The van der Waals surface area contributed by atoms with Gasteiger partial charge < -0.3 is 5.32 Å². The van der Waals surface area contributed by atoms with Crippen LogP contribution in [-0.4, -0.2) is 16.2 Å². The minimum absolute atomic E-state index is 0.0192. The zero-order chi connectivity index (χ0) is 15.4. The summed E-state index contributed by atoms with van der Waals surface area (Å²) in [6, 6.07) is 5.99.